The molecule has 10 aromatic rings. The van der Waals surface area contributed by atoms with Crippen molar-refractivity contribution in [2.45, 2.75) is 0 Å². The van der Waals surface area contributed by atoms with Gasteiger partial charge in [0.15, 0.2) is 0 Å². The molecule has 228 valence electrons. The van der Waals surface area contributed by atoms with Crippen molar-refractivity contribution in [2.75, 3.05) is 0 Å². The van der Waals surface area contributed by atoms with Crippen LogP contribution in [0.4, 0.5) is 0 Å². The number of hydrogen-bond donors (Lipinski definition) is 1. The Kier molecular flexibility index (Phi) is 6.10. The van der Waals surface area contributed by atoms with E-state index in [1.165, 1.54) is 27.1 Å². The van der Waals surface area contributed by atoms with Gasteiger partial charge in [0.1, 0.15) is 5.75 Å². The molecule has 1 heteroatoms. The Bertz CT molecular complexity index is 2840. The van der Waals surface area contributed by atoms with Crippen molar-refractivity contribution in [3.05, 3.63) is 176 Å². The maximum atomic E-state index is 12.8. The van der Waals surface area contributed by atoms with E-state index in [9.17, 15) is 5.11 Å². The van der Waals surface area contributed by atoms with Crippen molar-refractivity contribution < 1.29 is 5.11 Å². The Labute approximate surface area is 283 Å². The zero-order valence-electron chi connectivity index (χ0n) is 26.7. The van der Waals surface area contributed by atoms with Gasteiger partial charge in [-0.3, -0.25) is 0 Å². The molecular formula is C48H30O. The fourth-order valence-electron chi connectivity index (χ4n) is 8.09. The Balaban J connectivity index is 1.36. The smallest absolute Gasteiger partial charge is 0.131 e. The minimum absolute atomic E-state index is 0.297. The summed E-state index contributed by atoms with van der Waals surface area (Å²) in [7, 11) is 0. The molecule has 10 rings (SSSR count). The van der Waals surface area contributed by atoms with Crippen LogP contribution < -0.4 is 0 Å². The first kappa shape index (κ1) is 27.7. The minimum Gasteiger partial charge on any atom is -0.507 e. The fraction of sp³-hybridized carbons (Fsp3) is 0. The van der Waals surface area contributed by atoms with Gasteiger partial charge in [-0.05, 0) is 112 Å². The maximum absolute atomic E-state index is 12.8. The SMILES string of the molecule is Oc1c(-c2c3ccccc3cc3ccccc23)cc2ccccc2c1-c1cc(-c2c3ccccc3cc3ccccc23)cc2ccccc12. The summed E-state index contributed by atoms with van der Waals surface area (Å²) in [6.07, 6.45) is 0. The zero-order valence-corrected chi connectivity index (χ0v) is 26.7. The number of rotatable bonds is 3. The van der Waals surface area contributed by atoms with Gasteiger partial charge in [-0.15, -0.1) is 0 Å². The highest BCUT2D eigenvalue weighted by Gasteiger charge is 2.22. The van der Waals surface area contributed by atoms with Crippen LogP contribution in [-0.4, -0.2) is 5.11 Å². The van der Waals surface area contributed by atoms with Crippen molar-refractivity contribution in [3.63, 3.8) is 0 Å². The van der Waals surface area contributed by atoms with Gasteiger partial charge in [0.05, 0.1) is 0 Å². The topological polar surface area (TPSA) is 20.2 Å². The van der Waals surface area contributed by atoms with Gasteiger partial charge in [-0.25, -0.2) is 0 Å². The van der Waals surface area contributed by atoms with Gasteiger partial charge in [-0.1, -0.05) is 146 Å². The van der Waals surface area contributed by atoms with E-state index in [4.69, 9.17) is 0 Å². The number of aromatic hydroxyl groups is 1. The summed E-state index contributed by atoms with van der Waals surface area (Å²) in [5.41, 5.74) is 6.11. The predicted molar refractivity (Wildman–Crippen MR) is 209 cm³/mol. The van der Waals surface area contributed by atoms with Crippen LogP contribution in [0.1, 0.15) is 0 Å². The van der Waals surface area contributed by atoms with Crippen LogP contribution in [-0.2, 0) is 0 Å². The molecular weight excluding hydrogens is 593 g/mol. The molecule has 1 nitrogen and oxygen atoms in total. The molecule has 0 atom stereocenters. The van der Waals surface area contributed by atoms with Crippen LogP contribution >= 0.6 is 0 Å². The molecule has 0 unspecified atom stereocenters. The van der Waals surface area contributed by atoms with Gasteiger partial charge in [-0.2, -0.15) is 0 Å². The van der Waals surface area contributed by atoms with E-state index < -0.39 is 0 Å². The normalized spacial score (nSPS) is 11.8. The molecule has 0 radical (unpaired) electrons. The Morgan fingerprint density at radius 3 is 1.08 bits per heavy atom. The average molecular weight is 623 g/mol. The first-order chi connectivity index (χ1) is 24.2. The van der Waals surface area contributed by atoms with E-state index >= 15 is 0 Å². The molecule has 0 amide bonds. The summed E-state index contributed by atoms with van der Waals surface area (Å²) in [6.45, 7) is 0. The Morgan fingerprint density at radius 1 is 0.265 bits per heavy atom. The Morgan fingerprint density at radius 2 is 0.612 bits per heavy atom. The fourth-order valence-corrected chi connectivity index (χ4v) is 8.09. The molecule has 0 bridgehead atoms. The largest absolute Gasteiger partial charge is 0.507 e. The predicted octanol–water partition coefficient (Wildman–Crippen LogP) is 13.3. The molecule has 1 N–H and O–H groups in total. The summed E-state index contributed by atoms with van der Waals surface area (Å²) in [5, 5.41) is 26.5. The van der Waals surface area contributed by atoms with E-state index in [2.05, 4.69) is 176 Å². The van der Waals surface area contributed by atoms with Crippen LogP contribution in [0.3, 0.4) is 0 Å². The van der Waals surface area contributed by atoms with Crippen molar-refractivity contribution in [1.82, 2.24) is 0 Å². The van der Waals surface area contributed by atoms with Crippen LogP contribution in [0.5, 0.6) is 5.75 Å². The van der Waals surface area contributed by atoms with Crippen LogP contribution in [0.2, 0.25) is 0 Å². The van der Waals surface area contributed by atoms with Crippen LogP contribution in [0.25, 0.3) is 98.0 Å². The van der Waals surface area contributed by atoms with E-state index in [0.29, 0.717) is 5.75 Å². The molecule has 0 aliphatic carbocycles. The van der Waals surface area contributed by atoms with Crippen molar-refractivity contribution in [3.8, 4) is 39.1 Å². The molecule has 0 fully saturated rings. The van der Waals surface area contributed by atoms with E-state index in [-0.39, 0.29) is 0 Å². The number of benzene rings is 10. The second-order valence-electron chi connectivity index (χ2n) is 13.0. The summed E-state index contributed by atoms with van der Waals surface area (Å²) >= 11 is 0. The van der Waals surface area contributed by atoms with Gasteiger partial charge in [0, 0.05) is 16.7 Å². The van der Waals surface area contributed by atoms with E-state index in [1.54, 1.807) is 0 Å². The van der Waals surface area contributed by atoms with Crippen LogP contribution in [0, 0.1) is 0 Å². The van der Waals surface area contributed by atoms with E-state index in [1.807, 2.05) is 0 Å². The first-order valence-electron chi connectivity index (χ1n) is 16.8. The Hall–Kier alpha value is -6.44. The lowest BCUT2D eigenvalue weighted by atomic mass is 9.84. The van der Waals surface area contributed by atoms with E-state index in [0.717, 1.165) is 70.9 Å². The average Bonchev–Trinajstić information content (AvgIpc) is 3.15. The molecule has 0 saturated carbocycles. The maximum Gasteiger partial charge on any atom is 0.131 e. The molecule has 0 aliphatic rings. The molecule has 0 heterocycles. The lowest BCUT2D eigenvalue weighted by Gasteiger charge is -2.20. The third-order valence-corrected chi connectivity index (χ3v) is 10.3. The van der Waals surface area contributed by atoms with Crippen LogP contribution in [0.15, 0.2) is 176 Å². The lowest BCUT2D eigenvalue weighted by Crippen LogP contribution is -1.93. The summed E-state index contributed by atoms with van der Waals surface area (Å²) in [5.74, 6) is 0.297. The third-order valence-electron chi connectivity index (χ3n) is 10.3. The van der Waals surface area contributed by atoms with Gasteiger partial charge < -0.3 is 5.11 Å². The monoisotopic (exact) mass is 622 g/mol. The number of hydrogen-bond acceptors (Lipinski definition) is 1. The zero-order chi connectivity index (χ0) is 32.5. The molecule has 49 heavy (non-hydrogen) atoms. The molecule has 10 aromatic carbocycles. The molecule has 0 aliphatic heterocycles. The molecule has 0 spiro atoms. The van der Waals surface area contributed by atoms with Crippen molar-refractivity contribution in [1.29, 1.82) is 0 Å². The molecule has 0 saturated heterocycles. The number of phenolic OH excluding ortho intramolecular Hbond substituents is 1. The quantitative estimate of drug-likeness (QED) is 0.194. The number of phenols is 1. The van der Waals surface area contributed by atoms with Crippen molar-refractivity contribution in [2.24, 2.45) is 0 Å². The highest BCUT2D eigenvalue weighted by atomic mass is 16.3. The summed E-state index contributed by atoms with van der Waals surface area (Å²) in [6, 6.07) is 62.7. The van der Waals surface area contributed by atoms with Gasteiger partial charge in [0.2, 0.25) is 0 Å². The minimum atomic E-state index is 0.297. The second kappa shape index (κ2) is 10.8. The summed E-state index contributed by atoms with van der Waals surface area (Å²) in [4.78, 5) is 0. The lowest BCUT2D eigenvalue weighted by molar-refractivity contribution is 0.480. The second-order valence-corrected chi connectivity index (χ2v) is 13.0. The molecule has 0 aromatic heterocycles. The standard InChI is InChI=1S/C48H30O/c49-48-44(46-40-22-10-4-16-33(40)26-34-17-5-11-23-41(34)46)28-35-18-6-12-24-42(35)47(48)43-29-36(27-30-13-1-7-19-37(30)43)45-38-20-8-2-14-31(38)25-32-15-3-9-21-39(32)45/h1-29,49H. The number of fused-ring (bicyclic) bond motifs is 6. The van der Waals surface area contributed by atoms with Gasteiger partial charge in [0.25, 0.3) is 0 Å². The first-order valence-corrected chi connectivity index (χ1v) is 16.8. The summed E-state index contributed by atoms with van der Waals surface area (Å²) < 4.78 is 0. The van der Waals surface area contributed by atoms with Crippen molar-refractivity contribution >= 4 is 64.6 Å². The highest BCUT2D eigenvalue weighted by molar-refractivity contribution is 6.19. The third kappa shape index (κ3) is 4.26. The highest BCUT2D eigenvalue weighted by Crippen LogP contribution is 2.50. The van der Waals surface area contributed by atoms with Gasteiger partial charge >= 0.3 is 0 Å².